The van der Waals surface area contributed by atoms with Gasteiger partial charge in [0.1, 0.15) is 15.9 Å². The lowest BCUT2D eigenvalue weighted by molar-refractivity contribution is -0.130. The monoisotopic (exact) mass is 236 g/mol. The Morgan fingerprint density at radius 2 is 1.93 bits per heavy atom. The van der Waals surface area contributed by atoms with Crippen molar-refractivity contribution in [2.24, 2.45) is 0 Å². The van der Waals surface area contributed by atoms with Gasteiger partial charge in [-0.25, -0.2) is 8.42 Å². The lowest BCUT2D eigenvalue weighted by atomic mass is 10.1. The molecule has 0 N–H and O–H groups in total. The van der Waals surface area contributed by atoms with Crippen LogP contribution in [0.4, 0.5) is 0 Å². The molecule has 0 bridgehead atoms. The quantitative estimate of drug-likeness (QED) is 0.635. The molecule has 0 aromatic carbocycles. The van der Waals surface area contributed by atoms with E-state index < -0.39 is 15.9 Å². The SMILES string of the molecule is CCCC(OCC)C(=O)CCS(C)(=O)=O. The van der Waals surface area contributed by atoms with Gasteiger partial charge in [-0.15, -0.1) is 0 Å². The maximum atomic E-state index is 11.6. The molecule has 0 aliphatic heterocycles. The summed E-state index contributed by atoms with van der Waals surface area (Å²) >= 11 is 0. The summed E-state index contributed by atoms with van der Waals surface area (Å²) < 4.78 is 27.0. The predicted octanol–water partition coefficient (Wildman–Crippen LogP) is 1.20. The molecule has 0 heterocycles. The average molecular weight is 236 g/mol. The lowest BCUT2D eigenvalue weighted by Gasteiger charge is -2.14. The summed E-state index contributed by atoms with van der Waals surface area (Å²) in [6.45, 7) is 4.28. The third-order valence-corrected chi connectivity index (χ3v) is 2.94. The summed E-state index contributed by atoms with van der Waals surface area (Å²) in [6.07, 6.45) is 2.28. The van der Waals surface area contributed by atoms with Crippen molar-refractivity contribution in [1.29, 1.82) is 0 Å². The van der Waals surface area contributed by atoms with Gasteiger partial charge in [0.25, 0.3) is 0 Å². The first-order valence-electron chi connectivity index (χ1n) is 5.22. The Hall–Kier alpha value is -0.420. The molecule has 0 fully saturated rings. The third kappa shape index (κ3) is 7.50. The molecule has 1 unspecified atom stereocenters. The van der Waals surface area contributed by atoms with E-state index in [2.05, 4.69) is 0 Å². The van der Waals surface area contributed by atoms with Crippen LogP contribution in [-0.4, -0.2) is 38.9 Å². The van der Waals surface area contributed by atoms with Gasteiger partial charge in [-0.2, -0.15) is 0 Å². The number of carbonyl (C=O) groups excluding carboxylic acids is 1. The first kappa shape index (κ1) is 14.6. The standard InChI is InChI=1S/C10H20O4S/c1-4-6-10(14-5-2)9(11)7-8-15(3,12)13/h10H,4-8H2,1-3H3. The van der Waals surface area contributed by atoms with Crippen LogP contribution in [0.15, 0.2) is 0 Å². The fourth-order valence-corrected chi connectivity index (χ4v) is 1.82. The maximum Gasteiger partial charge on any atom is 0.162 e. The Labute approximate surface area is 91.9 Å². The van der Waals surface area contributed by atoms with Crippen molar-refractivity contribution < 1.29 is 17.9 Å². The van der Waals surface area contributed by atoms with Gasteiger partial charge in [0.15, 0.2) is 5.78 Å². The fourth-order valence-electron chi connectivity index (χ4n) is 1.25. The van der Waals surface area contributed by atoms with Crippen molar-refractivity contribution in [3.8, 4) is 0 Å². The molecule has 1 atom stereocenters. The van der Waals surface area contributed by atoms with Crippen LogP contribution < -0.4 is 0 Å². The molecule has 0 aromatic heterocycles. The van der Waals surface area contributed by atoms with Gasteiger partial charge in [0.2, 0.25) is 0 Å². The Balaban J connectivity index is 4.13. The Morgan fingerprint density at radius 1 is 1.33 bits per heavy atom. The Bertz CT molecular complexity index is 276. The second-order valence-corrected chi connectivity index (χ2v) is 5.84. The molecule has 0 saturated carbocycles. The van der Waals surface area contributed by atoms with Crippen molar-refractivity contribution >= 4 is 15.6 Å². The van der Waals surface area contributed by atoms with Gasteiger partial charge >= 0.3 is 0 Å². The fraction of sp³-hybridized carbons (Fsp3) is 0.900. The molecular weight excluding hydrogens is 216 g/mol. The van der Waals surface area contributed by atoms with E-state index in [1.807, 2.05) is 13.8 Å². The normalized spacial score (nSPS) is 13.8. The summed E-state index contributed by atoms with van der Waals surface area (Å²) in [4.78, 5) is 11.6. The van der Waals surface area contributed by atoms with Crippen molar-refractivity contribution in [3.63, 3.8) is 0 Å². The minimum atomic E-state index is -3.06. The number of hydrogen-bond donors (Lipinski definition) is 0. The first-order chi connectivity index (χ1) is 6.90. The zero-order valence-corrected chi connectivity index (χ0v) is 10.5. The smallest absolute Gasteiger partial charge is 0.162 e. The summed E-state index contributed by atoms with van der Waals surface area (Å²) in [6, 6.07) is 0. The van der Waals surface area contributed by atoms with Crippen LogP contribution in [0.25, 0.3) is 0 Å². The molecule has 0 amide bonds. The van der Waals surface area contributed by atoms with Gasteiger partial charge in [-0.3, -0.25) is 4.79 Å². The van der Waals surface area contributed by atoms with Crippen LogP contribution in [0.1, 0.15) is 33.1 Å². The largest absolute Gasteiger partial charge is 0.371 e. The highest BCUT2D eigenvalue weighted by atomic mass is 32.2. The summed E-state index contributed by atoms with van der Waals surface area (Å²) in [5, 5.41) is 0. The molecule has 15 heavy (non-hydrogen) atoms. The second kappa shape index (κ2) is 6.95. The molecule has 0 saturated heterocycles. The summed E-state index contributed by atoms with van der Waals surface area (Å²) in [5.74, 6) is -0.191. The first-order valence-corrected chi connectivity index (χ1v) is 7.28. The second-order valence-electron chi connectivity index (χ2n) is 3.58. The Morgan fingerprint density at radius 3 is 2.33 bits per heavy atom. The van der Waals surface area contributed by atoms with E-state index in [9.17, 15) is 13.2 Å². The lowest BCUT2D eigenvalue weighted by Crippen LogP contribution is -2.26. The van der Waals surface area contributed by atoms with Gasteiger partial charge in [0, 0.05) is 19.3 Å². The Kier molecular flexibility index (Phi) is 6.76. The van der Waals surface area contributed by atoms with Crippen molar-refractivity contribution in [2.45, 2.75) is 39.2 Å². The van der Waals surface area contributed by atoms with E-state index in [1.54, 1.807) is 0 Å². The van der Waals surface area contributed by atoms with Crippen LogP contribution in [0.2, 0.25) is 0 Å². The van der Waals surface area contributed by atoms with E-state index in [0.29, 0.717) is 13.0 Å². The molecule has 0 aliphatic rings. The van der Waals surface area contributed by atoms with Crippen LogP contribution in [0.5, 0.6) is 0 Å². The molecule has 0 radical (unpaired) electrons. The van der Waals surface area contributed by atoms with Gasteiger partial charge < -0.3 is 4.74 Å². The predicted molar refractivity (Wildman–Crippen MR) is 59.7 cm³/mol. The number of rotatable bonds is 8. The van der Waals surface area contributed by atoms with Gasteiger partial charge in [-0.1, -0.05) is 13.3 Å². The summed E-state index contributed by atoms with van der Waals surface area (Å²) in [5.41, 5.74) is 0. The van der Waals surface area contributed by atoms with E-state index in [0.717, 1.165) is 12.7 Å². The third-order valence-electron chi connectivity index (χ3n) is 2.00. The van der Waals surface area contributed by atoms with Crippen molar-refractivity contribution in [1.82, 2.24) is 0 Å². The molecule has 5 heteroatoms. The maximum absolute atomic E-state index is 11.6. The zero-order chi connectivity index (χ0) is 11.9. The number of hydrogen-bond acceptors (Lipinski definition) is 4. The highest BCUT2D eigenvalue weighted by molar-refractivity contribution is 7.90. The molecule has 0 spiro atoms. The molecule has 0 aromatic rings. The van der Waals surface area contributed by atoms with Crippen LogP contribution in [-0.2, 0) is 19.4 Å². The molecule has 90 valence electrons. The number of carbonyl (C=O) groups is 1. The van der Waals surface area contributed by atoms with E-state index in [1.165, 1.54) is 0 Å². The summed E-state index contributed by atoms with van der Waals surface area (Å²) in [7, 11) is -3.06. The van der Waals surface area contributed by atoms with E-state index in [4.69, 9.17) is 4.74 Å². The molecule has 0 rings (SSSR count). The minimum absolute atomic E-state index is 0.0590. The van der Waals surface area contributed by atoms with E-state index in [-0.39, 0.29) is 18.0 Å². The topological polar surface area (TPSA) is 60.4 Å². The van der Waals surface area contributed by atoms with Gasteiger partial charge in [-0.05, 0) is 13.3 Å². The van der Waals surface area contributed by atoms with Gasteiger partial charge in [0.05, 0.1) is 5.75 Å². The highest BCUT2D eigenvalue weighted by Gasteiger charge is 2.18. The highest BCUT2D eigenvalue weighted by Crippen LogP contribution is 2.06. The zero-order valence-electron chi connectivity index (χ0n) is 9.65. The number of ketones is 1. The molecular formula is C10H20O4S. The van der Waals surface area contributed by atoms with E-state index >= 15 is 0 Å². The van der Waals surface area contributed by atoms with Crippen LogP contribution in [0.3, 0.4) is 0 Å². The molecule has 0 aliphatic carbocycles. The number of Topliss-reactive ketones (excluding diaryl/α,β-unsaturated/α-hetero) is 1. The number of sulfone groups is 1. The minimum Gasteiger partial charge on any atom is -0.371 e. The van der Waals surface area contributed by atoms with Crippen LogP contribution in [0, 0.1) is 0 Å². The molecule has 4 nitrogen and oxygen atoms in total. The number of ether oxygens (including phenoxy) is 1. The van der Waals surface area contributed by atoms with Crippen molar-refractivity contribution in [2.75, 3.05) is 18.6 Å². The average Bonchev–Trinajstić information content (AvgIpc) is 2.13. The van der Waals surface area contributed by atoms with Crippen molar-refractivity contribution in [3.05, 3.63) is 0 Å². The van der Waals surface area contributed by atoms with Crippen LogP contribution >= 0.6 is 0 Å².